The predicted octanol–water partition coefficient (Wildman–Crippen LogP) is -1.45. The minimum atomic E-state index is -3.75. The molecule has 1 saturated heterocycles. The van der Waals surface area contributed by atoms with E-state index in [2.05, 4.69) is 15.5 Å². The zero-order valence-corrected chi connectivity index (χ0v) is 10.6. The van der Waals surface area contributed by atoms with Gasteiger partial charge in [0.2, 0.25) is 5.91 Å². The van der Waals surface area contributed by atoms with E-state index in [1.807, 2.05) is 0 Å². The molecule has 1 unspecified atom stereocenters. The minimum Gasteiger partial charge on any atom is -0.378 e. The summed E-state index contributed by atoms with van der Waals surface area (Å²) in [5.41, 5.74) is 0. The molecule has 0 aliphatic carbocycles. The molecule has 1 aromatic rings. The van der Waals surface area contributed by atoms with Gasteiger partial charge in [-0.2, -0.15) is 9.40 Å². The summed E-state index contributed by atoms with van der Waals surface area (Å²) in [6.07, 6.45) is 1.35. The first kappa shape index (κ1) is 13.0. The fraction of sp³-hybridized carbons (Fsp3) is 0.556. The molecule has 1 amide bonds. The van der Waals surface area contributed by atoms with Crippen LogP contribution in [0.5, 0.6) is 0 Å². The summed E-state index contributed by atoms with van der Waals surface area (Å²) < 4.78 is 30.9. The number of aromatic amines is 1. The predicted molar refractivity (Wildman–Crippen MR) is 61.2 cm³/mol. The number of carbonyl (C=O) groups is 1. The zero-order valence-electron chi connectivity index (χ0n) is 9.79. The van der Waals surface area contributed by atoms with Crippen LogP contribution < -0.4 is 5.32 Å². The number of aromatic nitrogens is 2. The van der Waals surface area contributed by atoms with E-state index < -0.39 is 22.0 Å². The lowest BCUT2D eigenvalue weighted by molar-refractivity contribution is -0.128. The van der Waals surface area contributed by atoms with Gasteiger partial charge in [-0.3, -0.25) is 9.89 Å². The number of sulfonamides is 1. The lowest BCUT2D eigenvalue weighted by atomic mass is 10.2. The number of nitrogens with one attached hydrogen (secondary N) is 2. The van der Waals surface area contributed by atoms with Crippen molar-refractivity contribution in [1.29, 1.82) is 0 Å². The molecule has 100 valence electrons. The first-order valence-electron chi connectivity index (χ1n) is 5.38. The Balaban J connectivity index is 2.32. The lowest BCUT2D eigenvalue weighted by Crippen LogP contribution is -2.55. The highest BCUT2D eigenvalue weighted by molar-refractivity contribution is 7.89. The molecule has 0 aromatic carbocycles. The third-order valence-electron chi connectivity index (χ3n) is 2.69. The number of nitrogens with zero attached hydrogens (tertiary/aromatic N) is 2. The second-order valence-corrected chi connectivity index (χ2v) is 5.60. The Kier molecular flexibility index (Phi) is 3.64. The molecule has 0 radical (unpaired) electrons. The Morgan fingerprint density at radius 2 is 2.44 bits per heavy atom. The van der Waals surface area contributed by atoms with E-state index in [4.69, 9.17) is 4.74 Å². The highest BCUT2D eigenvalue weighted by Crippen LogP contribution is 2.18. The number of hydrogen-bond acceptors (Lipinski definition) is 5. The number of ether oxygens (including phenoxy) is 1. The molecule has 18 heavy (non-hydrogen) atoms. The van der Waals surface area contributed by atoms with Crippen molar-refractivity contribution in [2.45, 2.75) is 11.1 Å². The van der Waals surface area contributed by atoms with Crippen molar-refractivity contribution in [2.24, 2.45) is 0 Å². The quantitative estimate of drug-likeness (QED) is 0.701. The smallest absolute Gasteiger partial charge is 0.260 e. The Morgan fingerprint density at radius 1 is 1.67 bits per heavy atom. The van der Waals surface area contributed by atoms with E-state index in [0.717, 1.165) is 4.31 Å². The molecule has 1 aliphatic heterocycles. The fourth-order valence-electron chi connectivity index (χ4n) is 1.76. The van der Waals surface area contributed by atoms with Crippen LogP contribution in [-0.2, 0) is 19.6 Å². The van der Waals surface area contributed by atoms with Crippen molar-refractivity contribution in [3.63, 3.8) is 0 Å². The van der Waals surface area contributed by atoms with Gasteiger partial charge >= 0.3 is 0 Å². The first-order chi connectivity index (χ1) is 8.57. The highest BCUT2D eigenvalue weighted by Gasteiger charge is 2.38. The summed E-state index contributed by atoms with van der Waals surface area (Å²) in [6.45, 7) is 0.452. The van der Waals surface area contributed by atoms with Gasteiger partial charge < -0.3 is 10.1 Å². The van der Waals surface area contributed by atoms with Gasteiger partial charge in [-0.15, -0.1) is 0 Å². The van der Waals surface area contributed by atoms with Crippen LogP contribution in [0.2, 0.25) is 0 Å². The third-order valence-corrected chi connectivity index (χ3v) is 4.53. The topological polar surface area (TPSA) is 104 Å². The molecular weight excluding hydrogens is 260 g/mol. The minimum absolute atomic E-state index is 0.0293. The molecule has 8 nitrogen and oxygen atoms in total. The molecule has 1 aliphatic rings. The van der Waals surface area contributed by atoms with Gasteiger partial charge in [0.25, 0.3) is 10.0 Å². The molecule has 2 heterocycles. The SMILES string of the molecule is CNC(=O)C1COCCN1S(=O)(=O)c1ccn[nH]1. The Hall–Kier alpha value is -1.45. The third kappa shape index (κ3) is 2.24. The highest BCUT2D eigenvalue weighted by atomic mass is 32.2. The van der Waals surface area contributed by atoms with Crippen LogP contribution in [-0.4, -0.2) is 61.7 Å². The normalized spacial score (nSPS) is 21.7. The second-order valence-electron chi connectivity index (χ2n) is 3.74. The van der Waals surface area contributed by atoms with Crippen LogP contribution in [0.1, 0.15) is 0 Å². The van der Waals surface area contributed by atoms with Gasteiger partial charge in [0.1, 0.15) is 6.04 Å². The largest absolute Gasteiger partial charge is 0.378 e. The number of hydrogen-bond donors (Lipinski definition) is 2. The van der Waals surface area contributed by atoms with E-state index in [0.29, 0.717) is 0 Å². The van der Waals surface area contributed by atoms with Crippen molar-refractivity contribution in [3.8, 4) is 0 Å². The standard InChI is InChI=1S/C9H14N4O4S/c1-10-9(14)7-6-17-5-4-13(7)18(15,16)8-2-3-11-12-8/h2-3,7H,4-6H2,1H3,(H,10,14)(H,11,12). The molecule has 1 aromatic heterocycles. The number of carbonyl (C=O) groups excluding carboxylic acids is 1. The van der Waals surface area contributed by atoms with Crippen molar-refractivity contribution < 1.29 is 17.9 Å². The van der Waals surface area contributed by atoms with Crippen molar-refractivity contribution in [3.05, 3.63) is 12.3 Å². The van der Waals surface area contributed by atoms with Crippen LogP contribution in [0.25, 0.3) is 0 Å². The summed E-state index contributed by atoms with van der Waals surface area (Å²) in [4.78, 5) is 11.7. The number of morpholine rings is 1. The summed E-state index contributed by atoms with van der Waals surface area (Å²) in [5.74, 6) is -0.391. The summed E-state index contributed by atoms with van der Waals surface area (Å²) >= 11 is 0. The number of H-pyrrole nitrogens is 1. The van der Waals surface area contributed by atoms with Gasteiger partial charge in [0, 0.05) is 13.6 Å². The van der Waals surface area contributed by atoms with Gasteiger partial charge in [0.05, 0.1) is 19.4 Å². The summed E-state index contributed by atoms with van der Waals surface area (Å²) in [7, 11) is -2.29. The number of likely N-dealkylation sites (N-methyl/N-ethyl adjacent to an activating group) is 1. The van der Waals surface area contributed by atoms with Crippen molar-refractivity contribution in [2.75, 3.05) is 26.8 Å². The van der Waals surface area contributed by atoms with Gasteiger partial charge in [-0.25, -0.2) is 8.42 Å². The molecular formula is C9H14N4O4S. The molecule has 9 heteroatoms. The monoisotopic (exact) mass is 274 g/mol. The van der Waals surface area contributed by atoms with Crippen molar-refractivity contribution >= 4 is 15.9 Å². The van der Waals surface area contributed by atoms with E-state index >= 15 is 0 Å². The van der Waals surface area contributed by atoms with E-state index in [1.165, 1.54) is 19.3 Å². The van der Waals surface area contributed by atoms with Crippen LogP contribution >= 0.6 is 0 Å². The van der Waals surface area contributed by atoms with E-state index in [-0.39, 0.29) is 24.8 Å². The Labute approximate surface area is 104 Å². The van der Waals surface area contributed by atoms with Crippen LogP contribution in [0.15, 0.2) is 17.3 Å². The molecule has 2 N–H and O–H groups in total. The van der Waals surface area contributed by atoms with Crippen molar-refractivity contribution in [1.82, 2.24) is 19.8 Å². The molecule has 1 fully saturated rings. The van der Waals surface area contributed by atoms with Crippen LogP contribution in [0.3, 0.4) is 0 Å². The molecule has 2 rings (SSSR count). The molecule has 0 bridgehead atoms. The average Bonchev–Trinajstić information content (AvgIpc) is 2.92. The zero-order chi connectivity index (χ0) is 13.2. The number of amides is 1. The van der Waals surface area contributed by atoms with E-state index in [1.54, 1.807) is 0 Å². The summed E-state index contributed by atoms with van der Waals surface area (Å²) in [5, 5.41) is 8.41. The maximum atomic E-state index is 12.3. The van der Waals surface area contributed by atoms with Crippen LogP contribution in [0.4, 0.5) is 0 Å². The molecule has 0 saturated carbocycles. The molecule has 1 atom stereocenters. The summed E-state index contributed by atoms with van der Waals surface area (Å²) in [6, 6.07) is 0.503. The lowest BCUT2D eigenvalue weighted by Gasteiger charge is -2.32. The number of rotatable bonds is 3. The first-order valence-corrected chi connectivity index (χ1v) is 6.82. The van der Waals surface area contributed by atoms with Gasteiger partial charge in [-0.1, -0.05) is 0 Å². The van der Waals surface area contributed by atoms with Crippen LogP contribution in [0, 0.1) is 0 Å². The maximum absolute atomic E-state index is 12.3. The maximum Gasteiger partial charge on any atom is 0.260 e. The second kappa shape index (κ2) is 5.04. The Morgan fingerprint density at radius 3 is 3.06 bits per heavy atom. The van der Waals surface area contributed by atoms with Gasteiger partial charge in [0.15, 0.2) is 5.03 Å². The van der Waals surface area contributed by atoms with Gasteiger partial charge in [-0.05, 0) is 6.07 Å². The fourth-order valence-corrected chi connectivity index (χ4v) is 3.22. The van der Waals surface area contributed by atoms with E-state index in [9.17, 15) is 13.2 Å². The molecule has 0 spiro atoms. The Bertz CT molecular complexity index is 513. The average molecular weight is 274 g/mol.